The van der Waals surface area contributed by atoms with E-state index in [2.05, 4.69) is 10.4 Å². The number of amides is 2. The Morgan fingerprint density at radius 2 is 2.00 bits per heavy atom. The minimum absolute atomic E-state index is 0.156. The van der Waals surface area contributed by atoms with Crippen molar-refractivity contribution in [1.82, 2.24) is 14.9 Å². The van der Waals surface area contributed by atoms with Crippen molar-refractivity contribution < 1.29 is 32.4 Å². The first-order valence-electron chi connectivity index (χ1n) is 8.41. The van der Waals surface area contributed by atoms with Gasteiger partial charge in [0.05, 0.1) is 11.5 Å². The number of aromatic amines is 1. The van der Waals surface area contributed by atoms with Crippen LogP contribution in [0.4, 0.5) is 13.2 Å². The number of aromatic hydroxyl groups is 1. The Labute approximate surface area is 155 Å². The van der Waals surface area contributed by atoms with E-state index in [1.54, 1.807) is 0 Å². The quantitative estimate of drug-likeness (QED) is 0.532. The van der Waals surface area contributed by atoms with Crippen LogP contribution in [0.25, 0.3) is 5.65 Å². The average molecular weight is 402 g/mol. The fourth-order valence-electron chi connectivity index (χ4n) is 2.66. The molecule has 3 rings (SSSR count). The lowest BCUT2D eigenvalue weighted by atomic mass is 9.92. The Balaban J connectivity index is 2.25. The second-order valence-electron chi connectivity index (χ2n) is 7.45. The fraction of sp³-hybridized carbons (Fsp3) is 0.500. The van der Waals surface area contributed by atoms with Crippen molar-refractivity contribution in [2.45, 2.75) is 45.5 Å². The van der Waals surface area contributed by atoms with E-state index in [4.69, 9.17) is 5.73 Å². The molecular weight excluding hydrogens is 383 g/mol. The van der Waals surface area contributed by atoms with Gasteiger partial charge in [-0.2, -0.15) is 17.7 Å². The number of halogens is 3. The number of aromatic nitrogens is 3. The molecular formula is C16H19F3N5O4+. The van der Waals surface area contributed by atoms with Crippen molar-refractivity contribution in [3.63, 3.8) is 0 Å². The predicted octanol–water partition coefficient (Wildman–Crippen LogP) is 0.200. The average Bonchev–Trinajstić information content (AvgIpc) is 3.24. The van der Waals surface area contributed by atoms with Crippen LogP contribution in [0.5, 0.6) is 5.88 Å². The predicted molar refractivity (Wildman–Crippen MR) is 88.7 cm³/mol. The van der Waals surface area contributed by atoms with E-state index in [9.17, 15) is 32.7 Å². The number of primary amides is 1. The molecule has 2 heterocycles. The number of nitrogens with one attached hydrogen (secondary N) is 2. The molecule has 5 N–H and O–H groups in total. The van der Waals surface area contributed by atoms with Gasteiger partial charge < -0.3 is 16.2 Å². The van der Waals surface area contributed by atoms with Gasteiger partial charge in [-0.25, -0.2) is 9.89 Å². The normalized spacial score (nSPS) is 15.0. The molecule has 0 bridgehead atoms. The van der Waals surface area contributed by atoms with Gasteiger partial charge in [-0.05, 0) is 26.7 Å². The van der Waals surface area contributed by atoms with Gasteiger partial charge in [-0.1, -0.05) is 4.52 Å². The molecule has 1 aliphatic carbocycles. The molecule has 152 valence electrons. The maximum Gasteiger partial charge on any atom is 0.397 e. The summed E-state index contributed by atoms with van der Waals surface area (Å²) in [7, 11) is 0. The van der Waals surface area contributed by atoms with Gasteiger partial charge in [-0.3, -0.25) is 9.59 Å². The smallest absolute Gasteiger partial charge is 0.397 e. The molecule has 0 atom stereocenters. The number of nitrogens with zero attached hydrogens (tertiary/aromatic N) is 2. The van der Waals surface area contributed by atoms with Gasteiger partial charge in [-0.15, -0.1) is 0 Å². The first-order chi connectivity index (χ1) is 12.8. The Bertz CT molecular complexity index is 1030. The standard InChI is InChI=1S/C16H18F3N5O4/c1-15(2,16(17,18)19)6-23-9-5-8(11(20)25)22-24(9)14(28)10(13(23)27)12(26)21-7-3-4-7/h5,7H,3-4,6H2,1-2H3,(H4,20,21,25,26,27,28)/p+1. The van der Waals surface area contributed by atoms with Gasteiger partial charge in [0.1, 0.15) is 12.2 Å². The largest absolute Gasteiger partial charge is 0.477 e. The van der Waals surface area contributed by atoms with Crippen molar-refractivity contribution >= 4 is 17.5 Å². The first kappa shape index (κ1) is 19.7. The number of H-pyrrole nitrogens is 1. The summed E-state index contributed by atoms with van der Waals surface area (Å²) in [5, 5.41) is 15.4. The van der Waals surface area contributed by atoms with Crippen LogP contribution in [-0.2, 0) is 6.54 Å². The molecule has 12 heteroatoms. The maximum atomic E-state index is 13.4. The summed E-state index contributed by atoms with van der Waals surface area (Å²) < 4.78 is 41.6. The van der Waals surface area contributed by atoms with Crippen LogP contribution in [0.3, 0.4) is 0 Å². The summed E-state index contributed by atoms with van der Waals surface area (Å²) in [5.74, 6) is -2.79. The molecule has 0 radical (unpaired) electrons. The first-order valence-corrected chi connectivity index (χ1v) is 8.41. The van der Waals surface area contributed by atoms with Crippen LogP contribution in [0.15, 0.2) is 10.9 Å². The second-order valence-corrected chi connectivity index (χ2v) is 7.45. The van der Waals surface area contributed by atoms with Crippen LogP contribution in [0.1, 0.15) is 47.5 Å². The van der Waals surface area contributed by atoms with Crippen molar-refractivity contribution in [3.8, 4) is 5.88 Å². The third kappa shape index (κ3) is 3.29. The highest BCUT2D eigenvalue weighted by atomic mass is 19.4. The lowest BCUT2D eigenvalue weighted by molar-refractivity contribution is -0.698. The lowest BCUT2D eigenvalue weighted by Gasteiger charge is -2.26. The molecule has 0 aliphatic heterocycles. The van der Waals surface area contributed by atoms with Gasteiger partial charge in [0.25, 0.3) is 11.8 Å². The summed E-state index contributed by atoms with van der Waals surface area (Å²) in [4.78, 5) is 36.5. The van der Waals surface area contributed by atoms with E-state index >= 15 is 0 Å². The van der Waals surface area contributed by atoms with Gasteiger partial charge in [0.2, 0.25) is 5.56 Å². The highest BCUT2D eigenvalue weighted by molar-refractivity contribution is 5.96. The van der Waals surface area contributed by atoms with Crippen LogP contribution in [0, 0.1) is 5.41 Å². The van der Waals surface area contributed by atoms with Crippen molar-refractivity contribution in [2.24, 2.45) is 11.1 Å². The molecule has 1 saturated carbocycles. The second kappa shape index (κ2) is 6.24. The lowest BCUT2D eigenvalue weighted by Crippen LogP contribution is -2.51. The van der Waals surface area contributed by atoms with Gasteiger partial charge >= 0.3 is 23.3 Å². The summed E-state index contributed by atoms with van der Waals surface area (Å²) >= 11 is 0. The Hall–Kier alpha value is -3.05. The summed E-state index contributed by atoms with van der Waals surface area (Å²) in [5.41, 5.74) is 0.605. The summed E-state index contributed by atoms with van der Waals surface area (Å²) in [6.07, 6.45) is -3.24. The molecule has 2 amide bonds. The molecule has 1 aliphatic rings. The number of nitrogens with two attached hydrogens (primary N) is 1. The van der Waals surface area contributed by atoms with E-state index in [-0.39, 0.29) is 17.4 Å². The molecule has 0 aromatic carbocycles. The van der Waals surface area contributed by atoms with Gasteiger partial charge in [0, 0.05) is 6.04 Å². The van der Waals surface area contributed by atoms with E-state index in [0.717, 1.165) is 24.5 Å². The van der Waals surface area contributed by atoms with Crippen molar-refractivity contribution in [1.29, 1.82) is 0 Å². The Morgan fingerprint density at radius 1 is 1.39 bits per heavy atom. The highest BCUT2D eigenvalue weighted by Crippen LogP contribution is 2.38. The Morgan fingerprint density at radius 3 is 2.50 bits per heavy atom. The van der Waals surface area contributed by atoms with Gasteiger partial charge in [0.15, 0.2) is 0 Å². The zero-order valence-corrected chi connectivity index (χ0v) is 15.1. The maximum absolute atomic E-state index is 13.4. The monoisotopic (exact) mass is 402 g/mol. The van der Waals surface area contributed by atoms with Crippen LogP contribution in [0.2, 0.25) is 0 Å². The Kier molecular flexibility index (Phi) is 4.39. The summed E-state index contributed by atoms with van der Waals surface area (Å²) in [6, 6.07) is 0.884. The van der Waals surface area contributed by atoms with Crippen LogP contribution >= 0.6 is 0 Å². The van der Waals surface area contributed by atoms with E-state index < -0.39 is 47.0 Å². The zero-order chi connectivity index (χ0) is 21.0. The topological polar surface area (TPSA) is 134 Å². The molecule has 0 unspecified atom stereocenters. The minimum atomic E-state index is -4.64. The third-order valence-corrected chi connectivity index (χ3v) is 4.63. The molecule has 2 aromatic rings. The summed E-state index contributed by atoms with van der Waals surface area (Å²) in [6.45, 7) is 1.01. The number of hydrogen-bond acceptors (Lipinski definition) is 4. The highest BCUT2D eigenvalue weighted by Gasteiger charge is 2.50. The number of carbonyl (C=O) groups is 2. The van der Waals surface area contributed by atoms with E-state index in [0.29, 0.717) is 17.4 Å². The molecule has 9 nitrogen and oxygen atoms in total. The number of carbonyl (C=O) groups excluding carboxylic acids is 2. The fourth-order valence-corrected chi connectivity index (χ4v) is 2.66. The number of hydrogen-bond donors (Lipinski definition) is 4. The molecule has 28 heavy (non-hydrogen) atoms. The minimum Gasteiger partial charge on any atom is -0.477 e. The zero-order valence-electron chi connectivity index (χ0n) is 15.1. The SMILES string of the molecule is CC(C)(C[n+]1c(O)c(C(=O)NC2CC2)c(=O)n2[nH]c(C(N)=O)cc21)C(F)(F)F. The number of fused-ring (bicyclic) bond motifs is 1. The van der Waals surface area contributed by atoms with E-state index in [1.807, 2.05) is 0 Å². The number of alkyl halides is 3. The van der Waals surface area contributed by atoms with Crippen molar-refractivity contribution in [3.05, 3.63) is 27.7 Å². The molecule has 0 saturated heterocycles. The van der Waals surface area contributed by atoms with Crippen molar-refractivity contribution in [2.75, 3.05) is 0 Å². The third-order valence-electron chi connectivity index (χ3n) is 4.63. The number of rotatable bonds is 5. The van der Waals surface area contributed by atoms with E-state index in [1.165, 1.54) is 0 Å². The van der Waals surface area contributed by atoms with Crippen LogP contribution < -0.4 is 21.2 Å². The molecule has 1 fully saturated rings. The van der Waals surface area contributed by atoms with Crippen LogP contribution in [-0.4, -0.2) is 38.8 Å². The molecule has 0 spiro atoms. The molecule has 2 aromatic heterocycles.